The highest BCUT2D eigenvalue weighted by Crippen LogP contribution is 2.54. The van der Waals surface area contributed by atoms with Gasteiger partial charge in [0.1, 0.15) is 0 Å². The van der Waals surface area contributed by atoms with Crippen molar-refractivity contribution >= 4 is 110 Å². The summed E-state index contributed by atoms with van der Waals surface area (Å²) in [6.45, 7) is 27.7. The number of fused-ring (bicyclic) bond motifs is 12. The zero-order valence-electron chi connectivity index (χ0n) is 51.7. The van der Waals surface area contributed by atoms with E-state index in [0.717, 1.165) is 34.1 Å². The lowest BCUT2D eigenvalue weighted by Crippen LogP contribution is -2.16. The Balaban J connectivity index is 1.01. The van der Waals surface area contributed by atoms with Crippen LogP contribution < -0.4 is 9.80 Å². The van der Waals surface area contributed by atoms with Gasteiger partial charge in [0, 0.05) is 65.6 Å². The van der Waals surface area contributed by atoms with Crippen LogP contribution in [0.5, 0.6) is 0 Å². The zero-order chi connectivity index (χ0) is 59.3. The molecule has 0 fully saturated rings. The first-order chi connectivity index (χ1) is 41.2. The van der Waals surface area contributed by atoms with Crippen LogP contribution in [0.25, 0.3) is 98.4 Å². The molecule has 422 valence electrons. The lowest BCUT2D eigenvalue weighted by Gasteiger charge is -2.31. The predicted octanol–water partition coefficient (Wildman–Crippen LogP) is 23.5. The number of aromatic nitrogens is 2. The van der Waals surface area contributed by atoms with E-state index in [-0.39, 0.29) is 21.7 Å². The third-order valence-corrected chi connectivity index (χ3v) is 18.6. The fourth-order valence-corrected chi connectivity index (χ4v) is 14.0. The highest BCUT2D eigenvalue weighted by molar-refractivity contribution is 6.32. The second kappa shape index (κ2) is 19.1. The van der Waals surface area contributed by atoms with Crippen LogP contribution in [0, 0.1) is 0 Å². The van der Waals surface area contributed by atoms with Crippen molar-refractivity contribution in [1.29, 1.82) is 0 Å². The molecule has 0 atom stereocenters. The molecular formula is C82H74N4. The van der Waals surface area contributed by atoms with Crippen molar-refractivity contribution in [2.75, 3.05) is 9.80 Å². The molecule has 0 radical (unpaired) electrons. The normalized spacial score (nSPS) is 12.9. The Morgan fingerprint density at radius 3 is 0.953 bits per heavy atom. The van der Waals surface area contributed by atoms with Gasteiger partial charge in [-0.25, -0.2) is 0 Å². The van der Waals surface area contributed by atoms with E-state index in [4.69, 9.17) is 0 Å². The Hall–Kier alpha value is -9.38. The van der Waals surface area contributed by atoms with Crippen LogP contribution in [0.2, 0.25) is 0 Å². The second-order valence-electron chi connectivity index (χ2n) is 28.3. The maximum absolute atomic E-state index is 2.58. The van der Waals surface area contributed by atoms with Crippen LogP contribution in [0.1, 0.15) is 105 Å². The van der Waals surface area contributed by atoms with E-state index in [1.54, 1.807) is 0 Å². The van der Waals surface area contributed by atoms with Crippen LogP contribution in [0.15, 0.2) is 231 Å². The molecule has 4 heterocycles. The molecule has 0 unspecified atom stereocenters. The Morgan fingerprint density at radius 1 is 0.256 bits per heavy atom. The van der Waals surface area contributed by atoms with Crippen molar-refractivity contribution in [3.63, 3.8) is 0 Å². The molecule has 4 aromatic heterocycles. The third-order valence-electron chi connectivity index (χ3n) is 18.6. The monoisotopic (exact) mass is 1110 g/mol. The summed E-state index contributed by atoms with van der Waals surface area (Å²) < 4.78 is 5.16. The highest BCUT2D eigenvalue weighted by atomic mass is 15.2. The van der Waals surface area contributed by atoms with Gasteiger partial charge < -0.3 is 18.6 Å². The summed E-state index contributed by atoms with van der Waals surface area (Å²) in [5.41, 5.74) is 24.0. The Labute approximate surface area is 505 Å². The predicted molar refractivity (Wildman–Crippen MR) is 371 cm³/mol. The molecule has 0 saturated heterocycles. The Morgan fingerprint density at radius 2 is 0.593 bits per heavy atom. The largest absolute Gasteiger partial charge is 0.309 e. The number of hydrogen-bond acceptors (Lipinski definition) is 2. The van der Waals surface area contributed by atoms with Crippen molar-refractivity contribution in [1.82, 2.24) is 8.80 Å². The number of anilines is 6. The topological polar surface area (TPSA) is 15.3 Å². The standard InChI is InChI=1S/C82H74N4/c1-79(2,3)53-31-37-57(38-32-53)83(71-47-55(81(7,8)9)35-41-59(71)51-23-15-13-16-24-51)69-45-43-61-65-49-74-66(50-73(65)85-67-29-21-19-27-63(67)75(69)77(61)85)62-44-46-70(76-64-28-20-22-30-68(64)86(74)78(62)76)84(58-39-33-54(34-40-58)80(4,5)6)72-48-56(82(10,11)12)36-42-60(72)52-25-17-14-18-26-52/h13-50H,1-12H3. The SMILES string of the molecule is CC(C)(C)c1ccc(N(c2cc(C(C)(C)C)ccc2-c2ccccc2)c2ccc3c4cc5c(cc4n4c6ccccc6c2c34)c2ccc(N(c3ccc(C(C)(C)C)cc3)c3cc(C(C)(C)C)ccc3-c3ccccc3)c3c4ccccc4n5c23)cc1. The number of rotatable bonds is 8. The van der Waals surface area contributed by atoms with E-state index < -0.39 is 0 Å². The van der Waals surface area contributed by atoms with Crippen LogP contribution in [0.4, 0.5) is 34.1 Å². The quantitative estimate of drug-likeness (QED) is 0.151. The van der Waals surface area contributed by atoms with Gasteiger partial charge in [0.05, 0.1) is 55.8 Å². The maximum Gasteiger partial charge on any atom is 0.0641 e. The van der Waals surface area contributed by atoms with Crippen molar-refractivity contribution in [2.45, 2.75) is 105 Å². The molecule has 15 aromatic rings. The van der Waals surface area contributed by atoms with Gasteiger partial charge >= 0.3 is 0 Å². The molecule has 0 amide bonds. The molecule has 0 aliphatic carbocycles. The van der Waals surface area contributed by atoms with Crippen LogP contribution in [-0.4, -0.2) is 8.80 Å². The lowest BCUT2D eigenvalue weighted by molar-refractivity contribution is 0.590. The first-order valence-corrected chi connectivity index (χ1v) is 30.8. The van der Waals surface area contributed by atoms with E-state index in [2.05, 4.69) is 332 Å². The highest BCUT2D eigenvalue weighted by Gasteiger charge is 2.31. The molecule has 0 aliphatic heterocycles. The third kappa shape index (κ3) is 8.31. The van der Waals surface area contributed by atoms with Crippen LogP contribution in [0.3, 0.4) is 0 Å². The minimum atomic E-state index is -0.0790. The molecule has 0 N–H and O–H groups in total. The van der Waals surface area contributed by atoms with Gasteiger partial charge in [-0.15, -0.1) is 0 Å². The number of nitrogens with zero attached hydrogens (tertiary/aromatic N) is 4. The minimum Gasteiger partial charge on any atom is -0.309 e. The van der Waals surface area contributed by atoms with Crippen LogP contribution >= 0.6 is 0 Å². The van der Waals surface area contributed by atoms with Crippen molar-refractivity contribution in [3.05, 3.63) is 253 Å². The smallest absolute Gasteiger partial charge is 0.0641 e. The van der Waals surface area contributed by atoms with Crippen molar-refractivity contribution in [2.24, 2.45) is 0 Å². The summed E-state index contributed by atoms with van der Waals surface area (Å²) in [5, 5.41) is 9.94. The Bertz CT molecular complexity index is 4780. The Kier molecular flexibility index (Phi) is 11.8. The number of hydrogen-bond donors (Lipinski definition) is 0. The average Bonchev–Trinajstić information content (AvgIpc) is 1.56. The van der Waals surface area contributed by atoms with Crippen molar-refractivity contribution in [3.8, 4) is 22.3 Å². The molecule has 0 bridgehead atoms. The molecule has 15 rings (SSSR count). The molecule has 86 heavy (non-hydrogen) atoms. The fraction of sp³-hybridized carbons (Fsp3) is 0.195. The summed E-state index contributed by atoms with van der Waals surface area (Å²) >= 11 is 0. The molecule has 4 nitrogen and oxygen atoms in total. The second-order valence-corrected chi connectivity index (χ2v) is 28.3. The summed E-state index contributed by atoms with van der Waals surface area (Å²) in [7, 11) is 0. The van der Waals surface area contributed by atoms with Crippen molar-refractivity contribution < 1.29 is 0 Å². The molecular weight excluding hydrogens is 1040 g/mol. The zero-order valence-corrected chi connectivity index (χ0v) is 51.7. The average molecular weight is 1120 g/mol. The maximum atomic E-state index is 2.58. The van der Waals surface area contributed by atoms with Gasteiger partial charge in [0.2, 0.25) is 0 Å². The van der Waals surface area contributed by atoms with Gasteiger partial charge in [0.15, 0.2) is 0 Å². The lowest BCUT2D eigenvalue weighted by atomic mass is 9.85. The fourth-order valence-electron chi connectivity index (χ4n) is 14.0. The summed E-state index contributed by atoms with van der Waals surface area (Å²) in [6, 6.07) is 87.7. The summed E-state index contributed by atoms with van der Waals surface area (Å²) in [4.78, 5) is 5.12. The molecule has 0 aliphatic rings. The minimum absolute atomic E-state index is 0.00384. The number of benzene rings is 11. The molecule has 0 saturated carbocycles. The molecule has 0 spiro atoms. The first kappa shape index (κ1) is 53.4. The van der Waals surface area contributed by atoms with Gasteiger partial charge in [-0.1, -0.05) is 241 Å². The molecule has 4 heteroatoms. The van der Waals surface area contributed by atoms with E-state index in [1.165, 1.54) is 121 Å². The van der Waals surface area contributed by atoms with E-state index in [0.29, 0.717) is 0 Å². The van der Waals surface area contributed by atoms with Gasteiger partial charge in [-0.05, 0) is 128 Å². The van der Waals surface area contributed by atoms with Gasteiger partial charge in [0.25, 0.3) is 0 Å². The summed E-state index contributed by atoms with van der Waals surface area (Å²) in [5.74, 6) is 0. The van der Waals surface area contributed by atoms with E-state index >= 15 is 0 Å². The first-order valence-electron chi connectivity index (χ1n) is 30.8. The van der Waals surface area contributed by atoms with Gasteiger partial charge in [-0.2, -0.15) is 0 Å². The molecule has 11 aromatic carbocycles. The van der Waals surface area contributed by atoms with Gasteiger partial charge in [-0.3, -0.25) is 0 Å². The van der Waals surface area contributed by atoms with E-state index in [1.807, 2.05) is 0 Å². The van der Waals surface area contributed by atoms with E-state index in [9.17, 15) is 0 Å². The summed E-state index contributed by atoms with van der Waals surface area (Å²) in [6.07, 6.45) is 0. The van der Waals surface area contributed by atoms with Crippen LogP contribution in [-0.2, 0) is 21.7 Å². The number of para-hydroxylation sites is 2.